The SMILES string of the molecule is CCC(O)c1cn(C)nc1C. The van der Waals surface area contributed by atoms with Crippen LogP contribution in [0.1, 0.15) is 30.7 Å². The first-order valence-corrected chi connectivity index (χ1v) is 3.83. The van der Waals surface area contributed by atoms with E-state index in [4.69, 9.17) is 0 Å². The van der Waals surface area contributed by atoms with Gasteiger partial charge < -0.3 is 5.11 Å². The first kappa shape index (κ1) is 8.27. The van der Waals surface area contributed by atoms with Crippen molar-refractivity contribution in [3.63, 3.8) is 0 Å². The average Bonchev–Trinajstić information content (AvgIpc) is 2.28. The normalized spacial score (nSPS) is 13.5. The second-order valence-electron chi connectivity index (χ2n) is 2.77. The number of aromatic nitrogens is 2. The van der Waals surface area contributed by atoms with Crippen LogP contribution in [-0.2, 0) is 7.05 Å². The van der Waals surface area contributed by atoms with Gasteiger partial charge >= 0.3 is 0 Å². The van der Waals surface area contributed by atoms with E-state index in [0.29, 0.717) is 0 Å². The van der Waals surface area contributed by atoms with Crippen molar-refractivity contribution >= 4 is 0 Å². The fourth-order valence-corrected chi connectivity index (χ4v) is 1.16. The quantitative estimate of drug-likeness (QED) is 0.694. The topological polar surface area (TPSA) is 38.0 Å². The van der Waals surface area contributed by atoms with E-state index in [1.807, 2.05) is 27.1 Å². The molecule has 62 valence electrons. The summed E-state index contributed by atoms with van der Waals surface area (Å²) in [4.78, 5) is 0. The van der Waals surface area contributed by atoms with Gasteiger partial charge in [0.1, 0.15) is 0 Å². The highest BCUT2D eigenvalue weighted by atomic mass is 16.3. The van der Waals surface area contributed by atoms with E-state index in [1.165, 1.54) is 0 Å². The Hall–Kier alpha value is -0.830. The molecule has 0 saturated heterocycles. The van der Waals surface area contributed by atoms with Crippen molar-refractivity contribution in [3.05, 3.63) is 17.5 Å². The maximum atomic E-state index is 9.47. The number of hydrogen-bond acceptors (Lipinski definition) is 2. The van der Waals surface area contributed by atoms with Gasteiger partial charge in [-0.2, -0.15) is 5.10 Å². The van der Waals surface area contributed by atoms with Crippen LogP contribution < -0.4 is 0 Å². The summed E-state index contributed by atoms with van der Waals surface area (Å²) in [6.45, 7) is 3.87. The molecule has 0 aromatic carbocycles. The molecule has 0 amide bonds. The number of aliphatic hydroxyl groups excluding tert-OH is 1. The van der Waals surface area contributed by atoms with Crippen molar-refractivity contribution in [2.45, 2.75) is 26.4 Å². The van der Waals surface area contributed by atoms with E-state index < -0.39 is 0 Å². The predicted octanol–water partition coefficient (Wildman–Crippen LogP) is 1.17. The standard InChI is InChI=1S/C8H14N2O/c1-4-8(11)7-5-10(3)9-6(7)2/h5,8,11H,4H2,1-3H3. The summed E-state index contributed by atoms with van der Waals surface area (Å²) in [5.74, 6) is 0. The van der Waals surface area contributed by atoms with Gasteiger partial charge in [-0.1, -0.05) is 6.92 Å². The van der Waals surface area contributed by atoms with Gasteiger partial charge in [-0.25, -0.2) is 0 Å². The summed E-state index contributed by atoms with van der Waals surface area (Å²) in [6, 6.07) is 0. The molecule has 0 aliphatic carbocycles. The summed E-state index contributed by atoms with van der Waals surface area (Å²) in [6.07, 6.45) is 2.25. The maximum absolute atomic E-state index is 9.47. The van der Waals surface area contributed by atoms with Gasteiger partial charge in [0.05, 0.1) is 11.8 Å². The first-order valence-electron chi connectivity index (χ1n) is 3.83. The third-order valence-electron chi connectivity index (χ3n) is 1.80. The minimum Gasteiger partial charge on any atom is -0.388 e. The van der Waals surface area contributed by atoms with E-state index in [2.05, 4.69) is 5.10 Å². The monoisotopic (exact) mass is 154 g/mol. The van der Waals surface area contributed by atoms with Gasteiger partial charge in [-0.15, -0.1) is 0 Å². The summed E-state index contributed by atoms with van der Waals surface area (Å²) >= 11 is 0. The highest BCUT2D eigenvalue weighted by Crippen LogP contribution is 2.18. The Morgan fingerprint density at radius 3 is 2.73 bits per heavy atom. The molecule has 0 fully saturated rings. The second kappa shape index (κ2) is 3.05. The zero-order chi connectivity index (χ0) is 8.43. The average molecular weight is 154 g/mol. The lowest BCUT2D eigenvalue weighted by Gasteiger charge is -2.03. The molecule has 0 saturated carbocycles. The van der Waals surface area contributed by atoms with E-state index in [1.54, 1.807) is 4.68 Å². The molecule has 0 aliphatic heterocycles. The molecular weight excluding hydrogens is 140 g/mol. The Bertz CT molecular complexity index is 242. The molecule has 1 aromatic rings. The van der Waals surface area contributed by atoms with Crippen molar-refractivity contribution in [2.75, 3.05) is 0 Å². The number of aliphatic hydroxyl groups is 1. The van der Waals surface area contributed by atoms with E-state index >= 15 is 0 Å². The van der Waals surface area contributed by atoms with Crippen molar-refractivity contribution < 1.29 is 5.11 Å². The molecule has 0 radical (unpaired) electrons. The largest absolute Gasteiger partial charge is 0.388 e. The van der Waals surface area contributed by atoms with E-state index in [0.717, 1.165) is 17.7 Å². The Kier molecular flexibility index (Phi) is 2.29. The lowest BCUT2D eigenvalue weighted by atomic mass is 10.1. The summed E-state index contributed by atoms with van der Waals surface area (Å²) in [7, 11) is 1.86. The molecule has 11 heavy (non-hydrogen) atoms. The number of aryl methyl sites for hydroxylation is 2. The lowest BCUT2D eigenvalue weighted by molar-refractivity contribution is 0.173. The highest BCUT2D eigenvalue weighted by molar-refractivity contribution is 5.17. The Labute approximate surface area is 66.7 Å². The molecule has 1 N–H and O–H groups in total. The molecule has 1 unspecified atom stereocenters. The maximum Gasteiger partial charge on any atom is 0.0820 e. The van der Waals surface area contributed by atoms with Crippen LogP contribution in [0.15, 0.2) is 6.20 Å². The van der Waals surface area contributed by atoms with Crippen molar-refractivity contribution in [1.29, 1.82) is 0 Å². The van der Waals surface area contributed by atoms with Crippen LogP contribution in [-0.4, -0.2) is 14.9 Å². The van der Waals surface area contributed by atoms with Gasteiger partial charge in [0.25, 0.3) is 0 Å². The van der Waals surface area contributed by atoms with E-state index in [-0.39, 0.29) is 6.10 Å². The summed E-state index contributed by atoms with van der Waals surface area (Å²) in [5, 5.41) is 13.6. The Balaban J connectivity index is 2.93. The molecule has 0 spiro atoms. The molecular formula is C8H14N2O. The van der Waals surface area contributed by atoms with Gasteiger partial charge in [-0.3, -0.25) is 4.68 Å². The van der Waals surface area contributed by atoms with Crippen LogP contribution in [0.4, 0.5) is 0 Å². The number of rotatable bonds is 2. The van der Waals surface area contributed by atoms with Crippen LogP contribution in [0.5, 0.6) is 0 Å². The molecule has 3 nitrogen and oxygen atoms in total. The molecule has 0 bridgehead atoms. The summed E-state index contributed by atoms with van der Waals surface area (Å²) in [5.41, 5.74) is 1.86. The molecule has 1 heterocycles. The van der Waals surface area contributed by atoms with Crippen molar-refractivity contribution in [2.24, 2.45) is 7.05 Å². The Morgan fingerprint density at radius 1 is 1.73 bits per heavy atom. The van der Waals surface area contributed by atoms with Crippen LogP contribution in [0, 0.1) is 6.92 Å². The first-order chi connectivity index (χ1) is 5.15. The van der Waals surface area contributed by atoms with Crippen LogP contribution in [0.25, 0.3) is 0 Å². The third-order valence-corrected chi connectivity index (χ3v) is 1.80. The van der Waals surface area contributed by atoms with Gasteiger partial charge in [0, 0.05) is 18.8 Å². The zero-order valence-electron chi connectivity index (χ0n) is 7.20. The smallest absolute Gasteiger partial charge is 0.0820 e. The van der Waals surface area contributed by atoms with Crippen LogP contribution >= 0.6 is 0 Å². The van der Waals surface area contributed by atoms with Crippen LogP contribution in [0.3, 0.4) is 0 Å². The summed E-state index contributed by atoms with van der Waals surface area (Å²) < 4.78 is 1.73. The second-order valence-corrected chi connectivity index (χ2v) is 2.77. The third kappa shape index (κ3) is 1.60. The number of nitrogens with zero attached hydrogens (tertiary/aromatic N) is 2. The van der Waals surface area contributed by atoms with Gasteiger partial charge in [0.2, 0.25) is 0 Å². The van der Waals surface area contributed by atoms with Crippen LogP contribution in [0.2, 0.25) is 0 Å². The predicted molar refractivity (Wildman–Crippen MR) is 43.2 cm³/mol. The molecule has 3 heteroatoms. The molecule has 0 aliphatic rings. The molecule has 1 aromatic heterocycles. The van der Waals surface area contributed by atoms with Crippen molar-refractivity contribution in [3.8, 4) is 0 Å². The fourth-order valence-electron chi connectivity index (χ4n) is 1.16. The van der Waals surface area contributed by atoms with Crippen molar-refractivity contribution in [1.82, 2.24) is 9.78 Å². The fraction of sp³-hybridized carbons (Fsp3) is 0.625. The minimum atomic E-state index is -0.358. The van der Waals surface area contributed by atoms with Gasteiger partial charge in [0.15, 0.2) is 0 Å². The lowest BCUT2D eigenvalue weighted by Crippen LogP contribution is -1.94. The zero-order valence-corrected chi connectivity index (χ0v) is 7.20. The van der Waals surface area contributed by atoms with Gasteiger partial charge in [-0.05, 0) is 13.3 Å². The van der Waals surface area contributed by atoms with E-state index in [9.17, 15) is 5.11 Å². The minimum absolute atomic E-state index is 0.358. The highest BCUT2D eigenvalue weighted by Gasteiger charge is 2.10. The molecule has 1 atom stereocenters. The Morgan fingerprint density at radius 2 is 2.36 bits per heavy atom. The number of hydrogen-bond donors (Lipinski definition) is 1. The molecule has 1 rings (SSSR count).